The highest BCUT2D eigenvalue weighted by Crippen LogP contribution is 2.11. The molecule has 2 aromatic rings. The number of amides is 1. The lowest BCUT2D eigenvalue weighted by Crippen LogP contribution is -2.49. The van der Waals surface area contributed by atoms with Gasteiger partial charge >= 0.3 is 0 Å². The van der Waals surface area contributed by atoms with Crippen LogP contribution in [0.4, 0.5) is 0 Å². The van der Waals surface area contributed by atoms with E-state index in [0.717, 1.165) is 10.7 Å². The lowest BCUT2D eigenvalue weighted by molar-refractivity contribution is -0.124. The topological polar surface area (TPSA) is 55.6 Å². The van der Waals surface area contributed by atoms with Crippen molar-refractivity contribution in [1.82, 2.24) is 14.7 Å². The molecule has 1 fully saturated rings. The van der Waals surface area contributed by atoms with Crippen LogP contribution in [0, 0.1) is 0 Å². The Labute approximate surface area is 96.1 Å². The van der Waals surface area contributed by atoms with Gasteiger partial charge < -0.3 is 10.1 Å². The summed E-state index contributed by atoms with van der Waals surface area (Å²) in [6.07, 6.45) is 4.17. The van der Waals surface area contributed by atoms with E-state index in [1.165, 1.54) is 0 Å². The van der Waals surface area contributed by atoms with E-state index in [0.29, 0.717) is 19.6 Å². The summed E-state index contributed by atoms with van der Waals surface area (Å²) in [5.41, 5.74) is 0.810. The fourth-order valence-corrected chi connectivity index (χ4v) is 2.34. The van der Waals surface area contributed by atoms with Crippen molar-refractivity contribution < 1.29 is 9.53 Å². The molecule has 1 aliphatic heterocycles. The van der Waals surface area contributed by atoms with Crippen LogP contribution in [0.1, 0.15) is 5.69 Å². The molecule has 1 saturated heterocycles. The Hall–Kier alpha value is -1.40. The number of carbonyl (C=O) groups excluding carboxylic acids is 1. The molecule has 0 spiro atoms. The molecule has 0 radical (unpaired) electrons. The van der Waals surface area contributed by atoms with Crippen molar-refractivity contribution >= 4 is 22.2 Å². The molecule has 1 N–H and O–H groups in total. The van der Waals surface area contributed by atoms with E-state index in [1.54, 1.807) is 11.3 Å². The lowest BCUT2D eigenvalue weighted by Gasteiger charge is -2.26. The molecule has 0 bridgehead atoms. The zero-order valence-electron chi connectivity index (χ0n) is 8.55. The van der Waals surface area contributed by atoms with Crippen LogP contribution in [0.15, 0.2) is 17.8 Å². The summed E-state index contributed by atoms with van der Waals surface area (Å²) >= 11 is 1.56. The van der Waals surface area contributed by atoms with Crippen molar-refractivity contribution in [2.75, 3.05) is 13.2 Å². The van der Waals surface area contributed by atoms with E-state index in [4.69, 9.17) is 4.74 Å². The average Bonchev–Trinajstić information content (AvgIpc) is 2.71. The molecule has 1 amide bonds. The summed E-state index contributed by atoms with van der Waals surface area (Å²) in [5.74, 6) is 0.0130. The second-order valence-electron chi connectivity index (χ2n) is 3.80. The number of aromatic nitrogens is 2. The SMILES string of the molecule is O=C(Cc1cn2ccsc2n1)NC1COC1. The standard InChI is InChI=1S/C10H11N3O2S/c14-9(11-8-5-15-6-8)3-7-4-13-1-2-16-10(13)12-7/h1-2,4,8H,3,5-6H2,(H,11,14). The van der Waals surface area contributed by atoms with Crippen molar-refractivity contribution in [3.05, 3.63) is 23.5 Å². The number of nitrogens with zero attached hydrogens (tertiary/aromatic N) is 2. The molecule has 1 aliphatic rings. The Morgan fingerprint density at radius 2 is 2.56 bits per heavy atom. The van der Waals surface area contributed by atoms with Crippen molar-refractivity contribution in [2.45, 2.75) is 12.5 Å². The van der Waals surface area contributed by atoms with Gasteiger partial charge in [0.15, 0.2) is 4.96 Å². The summed E-state index contributed by atoms with van der Waals surface area (Å²) in [5, 5.41) is 4.86. The second kappa shape index (κ2) is 3.88. The zero-order chi connectivity index (χ0) is 11.0. The van der Waals surface area contributed by atoms with Gasteiger partial charge in [-0.05, 0) is 0 Å². The van der Waals surface area contributed by atoms with Gasteiger partial charge in [-0.15, -0.1) is 11.3 Å². The van der Waals surface area contributed by atoms with Crippen LogP contribution in [0.3, 0.4) is 0 Å². The number of rotatable bonds is 3. The summed E-state index contributed by atoms with van der Waals surface area (Å²) in [6.45, 7) is 1.26. The summed E-state index contributed by atoms with van der Waals surface area (Å²) in [7, 11) is 0. The van der Waals surface area contributed by atoms with E-state index < -0.39 is 0 Å². The lowest BCUT2D eigenvalue weighted by atomic mass is 10.2. The van der Waals surface area contributed by atoms with Gasteiger partial charge in [-0.3, -0.25) is 9.20 Å². The molecule has 0 aliphatic carbocycles. The molecule has 6 heteroatoms. The van der Waals surface area contributed by atoms with Gasteiger partial charge in [-0.25, -0.2) is 4.98 Å². The van der Waals surface area contributed by atoms with Crippen molar-refractivity contribution in [3.8, 4) is 0 Å². The Balaban J connectivity index is 1.64. The van der Waals surface area contributed by atoms with Gasteiger partial charge in [0.05, 0.1) is 31.4 Å². The molecule has 0 unspecified atom stereocenters. The summed E-state index contributed by atoms with van der Waals surface area (Å²) in [6, 6.07) is 0.191. The van der Waals surface area contributed by atoms with Gasteiger partial charge in [0, 0.05) is 17.8 Å². The number of ether oxygens (including phenoxy) is 1. The fraction of sp³-hybridized carbons (Fsp3) is 0.400. The van der Waals surface area contributed by atoms with Crippen LogP contribution in [0.2, 0.25) is 0 Å². The monoisotopic (exact) mass is 237 g/mol. The number of hydrogen-bond acceptors (Lipinski definition) is 4. The quantitative estimate of drug-likeness (QED) is 0.843. The molecule has 84 valence electrons. The molecule has 0 aromatic carbocycles. The molecule has 3 rings (SSSR count). The predicted octanol–water partition coefficient (Wildman–Crippen LogP) is 0.453. The Kier molecular flexibility index (Phi) is 2.37. The largest absolute Gasteiger partial charge is 0.377 e. The molecule has 5 nitrogen and oxygen atoms in total. The van der Waals surface area contributed by atoms with E-state index in [-0.39, 0.29) is 11.9 Å². The molecule has 2 aromatic heterocycles. The van der Waals surface area contributed by atoms with E-state index in [9.17, 15) is 4.79 Å². The van der Waals surface area contributed by atoms with Crippen molar-refractivity contribution in [2.24, 2.45) is 0 Å². The first kappa shape index (κ1) is 9.80. The second-order valence-corrected chi connectivity index (χ2v) is 4.68. The number of fused-ring (bicyclic) bond motifs is 1. The van der Waals surface area contributed by atoms with Gasteiger partial charge in [0.1, 0.15) is 0 Å². The molecule has 0 atom stereocenters. The minimum absolute atomic E-state index is 0.0130. The highest BCUT2D eigenvalue weighted by molar-refractivity contribution is 7.15. The third kappa shape index (κ3) is 1.81. The fourth-order valence-electron chi connectivity index (χ4n) is 1.62. The van der Waals surface area contributed by atoms with Gasteiger partial charge in [-0.2, -0.15) is 0 Å². The Morgan fingerprint density at radius 1 is 1.69 bits per heavy atom. The van der Waals surface area contributed by atoms with Crippen LogP contribution < -0.4 is 5.32 Å². The molecule has 0 saturated carbocycles. The Bertz CT molecular complexity index is 486. The summed E-state index contributed by atoms with van der Waals surface area (Å²) < 4.78 is 6.92. The molecule has 16 heavy (non-hydrogen) atoms. The van der Waals surface area contributed by atoms with E-state index >= 15 is 0 Å². The van der Waals surface area contributed by atoms with Gasteiger partial charge in [0.2, 0.25) is 5.91 Å². The number of carbonyl (C=O) groups is 1. The molecule has 3 heterocycles. The minimum Gasteiger partial charge on any atom is -0.377 e. The third-order valence-electron chi connectivity index (χ3n) is 2.49. The van der Waals surface area contributed by atoms with Crippen LogP contribution in [-0.4, -0.2) is 34.5 Å². The van der Waals surface area contributed by atoms with Gasteiger partial charge in [0.25, 0.3) is 0 Å². The maximum absolute atomic E-state index is 11.6. The highest BCUT2D eigenvalue weighted by atomic mass is 32.1. The normalized spacial score (nSPS) is 16.2. The van der Waals surface area contributed by atoms with Crippen molar-refractivity contribution in [3.63, 3.8) is 0 Å². The number of hydrogen-bond donors (Lipinski definition) is 1. The third-order valence-corrected chi connectivity index (χ3v) is 3.26. The first-order chi connectivity index (χ1) is 7.81. The van der Waals surface area contributed by atoms with Crippen LogP contribution in [-0.2, 0) is 16.0 Å². The maximum Gasteiger partial charge on any atom is 0.226 e. The first-order valence-electron chi connectivity index (χ1n) is 5.09. The van der Waals surface area contributed by atoms with Crippen LogP contribution in [0.5, 0.6) is 0 Å². The molecular formula is C10H11N3O2S. The molecular weight excluding hydrogens is 226 g/mol. The van der Waals surface area contributed by atoms with Crippen molar-refractivity contribution in [1.29, 1.82) is 0 Å². The van der Waals surface area contributed by atoms with Gasteiger partial charge in [-0.1, -0.05) is 0 Å². The van der Waals surface area contributed by atoms with E-state index in [2.05, 4.69) is 10.3 Å². The number of imidazole rings is 1. The first-order valence-corrected chi connectivity index (χ1v) is 5.97. The minimum atomic E-state index is 0.0130. The van der Waals surface area contributed by atoms with Crippen LogP contribution >= 0.6 is 11.3 Å². The van der Waals surface area contributed by atoms with Crippen LogP contribution in [0.25, 0.3) is 4.96 Å². The smallest absolute Gasteiger partial charge is 0.226 e. The zero-order valence-corrected chi connectivity index (χ0v) is 9.37. The Morgan fingerprint density at radius 3 is 3.25 bits per heavy atom. The number of nitrogens with one attached hydrogen (secondary N) is 1. The average molecular weight is 237 g/mol. The number of thiazole rings is 1. The predicted molar refractivity (Wildman–Crippen MR) is 59.5 cm³/mol. The maximum atomic E-state index is 11.6. The highest BCUT2D eigenvalue weighted by Gasteiger charge is 2.20. The summed E-state index contributed by atoms with van der Waals surface area (Å²) in [4.78, 5) is 16.9. The van der Waals surface area contributed by atoms with E-state index in [1.807, 2.05) is 22.2 Å².